The predicted octanol–water partition coefficient (Wildman–Crippen LogP) is 14.4. The maximum atomic E-state index is 7.12. The van der Waals surface area contributed by atoms with Gasteiger partial charge in [-0.25, -0.2) is 0 Å². The fourth-order valence-corrected chi connectivity index (χ4v) is 9.62. The van der Waals surface area contributed by atoms with E-state index in [2.05, 4.69) is 172 Å². The predicted molar refractivity (Wildman–Crippen MR) is 221 cm³/mol. The van der Waals surface area contributed by atoms with E-state index >= 15 is 0 Å². The monoisotopic (exact) mass is 660 g/mol. The molecule has 11 aromatic rings. The fraction of sp³-hybridized carbons (Fsp3) is 0.0588. The maximum Gasteiger partial charge on any atom is 0.143 e. The van der Waals surface area contributed by atoms with Crippen LogP contribution in [0.25, 0.3) is 109 Å². The van der Waals surface area contributed by atoms with Gasteiger partial charge in [-0.2, -0.15) is 0 Å². The van der Waals surface area contributed by atoms with Crippen molar-refractivity contribution >= 4 is 75.8 Å². The lowest BCUT2D eigenvalue weighted by Gasteiger charge is -2.22. The van der Waals surface area contributed by atoms with Crippen LogP contribution in [0.3, 0.4) is 0 Å². The third-order valence-corrected chi connectivity index (χ3v) is 12.2. The third-order valence-electron chi connectivity index (χ3n) is 12.2. The van der Waals surface area contributed by atoms with Crippen LogP contribution in [-0.4, -0.2) is 0 Å². The van der Waals surface area contributed by atoms with Gasteiger partial charge in [-0.1, -0.05) is 141 Å². The minimum absolute atomic E-state index is 0.129. The minimum Gasteiger partial charge on any atom is -0.455 e. The molecule has 0 atom stereocenters. The van der Waals surface area contributed by atoms with E-state index in [9.17, 15) is 0 Å². The zero-order chi connectivity index (χ0) is 34.3. The summed E-state index contributed by atoms with van der Waals surface area (Å²) in [6.45, 7) is 4.74. The average molecular weight is 661 g/mol. The maximum absolute atomic E-state index is 7.12. The zero-order valence-electron chi connectivity index (χ0n) is 28.9. The number of hydrogen-bond acceptors (Lipinski definition) is 1. The molecular weight excluding hydrogens is 629 g/mol. The van der Waals surface area contributed by atoms with Crippen LogP contribution in [-0.2, 0) is 5.41 Å². The Hall–Kier alpha value is -6.44. The van der Waals surface area contributed by atoms with Crippen molar-refractivity contribution in [3.63, 3.8) is 0 Å². The summed E-state index contributed by atoms with van der Waals surface area (Å²) in [5.41, 5.74) is 11.9. The first-order valence-corrected chi connectivity index (χ1v) is 18.3. The summed E-state index contributed by atoms with van der Waals surface area (Å²) in [6, 6.07) is 58.6. The van der Waals surface area contributed by atoms with Gasteiger partial charge in [-0.05, 0) is 118 Å². The van der Waals surface area contributed by atoms with Gasteiger partial charge in [0.15, 0.2) is 0 Å². The van der Waals surface area contributed by atoms with Gasteiger partial charge in [0, 0.05) is 27.1 Å². The lowest BCUT2D eigenvalue weighted by molar-refractivity contribution is 0.661. The lowest BCUT2D eigenvalue weighted by Crippen LogP contribution is -2.15. The molecule has 0 radical (unpaired) electrons. The molecule has 1 nitrogen and oxygen atoms in total. The highest BCUT2D eigenvalue weighted by atomic mass is 16.3. The standard InChI is InChI=1S/C51H32O/c1-51(2)44-28-35(19-21-39(44)43-26-33-9-3-4-10-34(33)27-45(43)51)37-24-25-41(48-42-23-16-29-8-5-6-13-36(29)49(42)52-50(37)48)38-20-17-32-15-14-30-11-7-12-31-18-22-40(38)47(32)46(30)31/h3-28H,1-2H3. The summed E-state index contributed by atoms with van der Waals surface area (Å²) in [7, 11) is 0. The summed E-state index contributed by atoms with van der Waals surface area (Å²) >= 11 is 0. The molecule has 0 amide bonds. The van der Waals surface area contributed by atoms with Crippen molar-refractivity contribution in [1.29, 1.82) is 0 Å². The average Bonchev–Trinajstić information content (AvgIpc) is 3.68. The van der Waals surface area contributed by atoms with Crippen LogP contribution in [0.1, 0.15) is 25.0 Å². The van der Waals surface area contributed by atoms with Crippen molar-refractivity contribution in [2.75, 3.05) is 0 Å². The number of furan rings is 1. The van der Waals surface area contributed by atoms with E-state index in [0.29, 0.717) is 0 Å². The van der Waals surface area contributed by atoms with Crippen LogP contribution in [0.4, 0.5) is 0 Å². The van der Waals surface area contributed by atoms with Crippen LogP contribution in [0.15, 0.2) is 162 Å². The molecule has 0 bridgehead atoms. The van der Waals surface area contributed by atoms with E-state index in [1.165, 1.54) is 92.8 Å². The van der Waals surface area contributed by atoms with Gasteiger partial charge in [-0.15, -0.1) is 0 Å². The summed E-state index contributed by atoms with van der Waals surface area (Å²) < 4.78 is 7.12. The highest BCUT2D eigenvalue weighted by Gasteiger charge is 2.36. The fourth-order valence-electron chi connectivity index (χ4n) is 9.62. The van der Waals surface area contributed by atoms with Crippen molar-refractivity contribution in [3.8, 4) is 33.4 Å². The Morgan fingerprint density at radius 1 is 0.346 bits per heavy atom. The highest BCUT2D eigenvalue weighted by molar-refractivity contribution is 6.28. The van der Waals surface area contributed by atoms with E-state index < -0.39 is 0 Å². The molecular formula is C51H32O. The normalized spacial score (nSPS) is 13.7. The Bertz CT molecular complexity index is 3300. The Kier molecular flexibility index (Phi) is 5.37. The molecule has 52 heavy (non-hydrogen) atoms. The molecule has 1 heterocycles. The minimum atomic E-state index is -0.129. The zero-order valence-corrected chi connectivity index (χ0v) is 28.9. The van der Waals surface area contributed by atoms with E-state index in [1.54, 1.807) is 0 Å². The van der Waals surface area contributed by atoms with Gasteiger partial charge in [-0.3, -0.25) is 0 Å². The number of fused-ring (bicyclic) bond motifs is 9. The molecule has 0 spiro atoms. The molecule has 0 fully saturated rings. The van der Waals surface area contributed by atoms with E-state index in [-0.39, 0.29) is 5.41 Å². The van der Waals surface area contributed by atoms with Gasteiger partial charge in [0.05, 0.1) is 0 Å². The van der Waals surface area contributed by atoms with Crippen LogP contribution < -0.4 is 0 Å². The number of hydrogen-bond donors (Lipinski definition) is 0. The van der Waals surface area contributed by atoms with Crippen molar-refractivity contribution in [2.24, 2.45) is 0 Å². The first-order valence-electron chi connectivity index (χ1n) is 18.3. The lowest BCUT2D eigenvalue weighted by atomic mass is 9.81. The Morgan fingerprint density at radius 2 is 0.942 bits per heavy atom. The van der Waals surface area contributed by atoms with Gasteiger partial charge in [0.2, 0.25) is 0 Å². The molecule has 0 saturated carbocycles. The van der Waals surface area contributed by atoms with Crippen molar-refractivity contribution in [1.82, 2.24) is 0 Å². The van der Waals surface area contributed by atoms with Crippen molar-refractivity contribution in [2.45, 2.75) is 19.3 Å². The summed E-state index contributed by atoms with van der Waals surface area (Å²) in [5, 5.41) is 15.0. The molecule has 12 rings (SSSR count). The molecule has 10 aromatic carbocycles. The van der Waals surface area contributed by atoms with Crippen LogP contribution in [0, 0.1) is 0 Å². The van der Waals surface area contributed by atoms with Crippen molar-refractivity contribution < 1.29 is 4.42 Å². The quantitative estimate of drug-likeness (QED) is 0.168. The van der Waals surface area contributed by atoms with Crippen LogP contribution in [0.2, 0.25) is 0 Å². The first-order chi connectivity index (χ1) is 25.5. The van der Waals surface area contributed by atoms with Gasteiger partial charge in [0.25, 0.3) is 0 Å². The molecule has 0 N–H and O–H groups in total. The number of benzene rings is 10. The second-order valence-electron chi connectivity index (χ2n) is 15.2. The summed E-state index contributed by atoms with van der Waals surface area (Å²) in [4.78, 5) is 0. The van der Waals surface area contributed by atoms with Gasteiger partial charge >= 0.3 is 0 Å². The second-order valence-corrected chi connectivity index (χ2v) is 15.2. The molecule has 1 heteroatoms. The molecule has 1 aliphatic rings. The summed E-state index contributed by atoms with van der Waals surface area (Å²) in [5.74, 6) is 0. The van der Waals surface area contributed by atoms with Gasteiger partial charge in [0.1, 0.15) is 11.2 Å². The Morgan fingerprint density at radius 3 is 1.79 bits per heavy atom. The van der Waals surface area contributed by atoms with E-state index in [1.807, 2.05) is 0 Å². The molecule has 0 unspecified atom stereocenters. The molecule has 0 aliphatic heterocycles. The van der Waals surface area contributed by atoms with Gasteiger partial charge < -0.3 is 4.42 Å². The van der Waals surface area contributed by atoms with Crippen LogP contribution in [0.5, 0.6) is 0 Å². The Balaban J connectivity index is 1.14. The van der Waals surface area contributed by atoms with Crippen molar-refractivity contribution in [3.05, 3.63) is 169 Å². The third kappa shape index (κ3) is 3.62. The molecule has 1 aromatic heterocycles. The van der Waals surface area contributed by atoms with E-state index in [0.717, 1.165) is 27.5 Å². The van der Waals surface area contributed by atoms with E-state index in [4.69, 9.17) is 4.42 Å². The molecule has 1 aliphatic carbocycles. The van der Waals surface area contributed by atoms with Crippen LogP contribution >= 0.6 is 0 Å². The SMILES string of the molecule is CC1(C)c2cc(-c3ccc(-c4ccc5ccc6cccc7ccc4c5c67)c4c3oc3c5ccccc5ccc34)ccc2-c2cc3ccccc3cc21. The Labute approximate surface area is 300 Å². The number of rotatable bonds is 2. The smallest absolute Gasteiger partial charge is 0.143 e. The molecule has 242 valence electrons. The first kappa shape index (κ1) is 28.3. The topological polar surface area (TPSA) is 13.1 Å². The highest BCUT2D eigenvalue weighted by Crippen LogP contribution is 2.52. The molecule has 0 saturated heterocycles. The summed E-state index contributed by atoms with van der Waals surface area (Å²) in [6.07, 6.45) is 0. The largest absolute Gasteiger partial charge is 0.455 e. The second kappa shape index (κ2) is 9.87.